The summed E-state index contributed by atoms with van der Waals surface area (Å²) in [6.45, 7) is 2.02. The number of rotatable bonds is 0. The molecule has 2 rings (SSSR count). The third kappa shape index (κ3) is 1.25. The van der Waals surface area contributed by atoms with Crippen molar-refractivity contribution in [3.63, 3.8) is 0 Å². The van der Waals surface area contributed by atoms with Crippen molar-refractivity contribution in [3.8, 4) is 0 Å². The van der Waals surface area contributed by atoms with Crippen LogP contribution in [0.4, 0.5) is 0 Å². The second-order valence-corrected chi connectivity index (χ2v) is 3.55. The number of hydrogen-bond acceptors (Lipinski definition) is 1. The minimum Gasteiger partial charge on any atom is -0.261 e. The van der Waals surface area contributed by atoms with E-state index in [1.165, 1.54) is 11.1 Å². The predicted octanol–water partition coefficient (Wildman–Crippen LogP) is 2.92. The highest BCUT2D eigenvalue weighted by Crippen LogP contribution is 2.26. The highest BCUT2D eigenvalue weighted by atomic mass is 35.5. The molecule has 1 aromatic heterocycles. The minimum absolute atomic E-state index is 0.943. The van der Waals surface area contributed by atoms with Crippen LogP contribution in [-0.4, -0.2) is 4.98 Å². The van der Waals surface area contributed by atoms with Gasteiger partial charge in [-0.25, -0.2) is 0 Å². The Morgan fingerprint density at radius 3 is 3.08 bits per heavy atom. The monoisotopic (exact) mass is 179 g/mol. The molecular formula is C10H10ClN. The fraction of sp³-hybridized carbons (Fsp3) is 0.300. The van der Waals surface area contributed by atoms with Crippen molar-refractivity contribution in [1.29, 1.82) is 0 Å². The molecule has 1 aliphatic carbocycles. The zero-order valence-corrected chi connectivity index (χ0v) is 7.73. The maximum Gasteiger partial charge on any atom is 0.0448 e. The van der Waals surface area contributed by atoms with Crippen LogP contribution in [0.5, 0.6) is 0 Å². The Kier molecular flexibility index (Phi) is 1.89. The molecule has 1 aromatic rings. The smallest absolute Gasteiger partial charge is 0.0448 e. The largest absolute Gasteiger partial charge is 0.261 e. The molecule has 0 aromatic carbocycles. The predicted molar refractivity (Wildman–Crippen MR) is 51.1 cm³/mol. The SMILES string of the molecule is Cc1nccc2c1C=C(Cl)CC2. The van der Waals surface area contributed by atoms with Crippen LogP contribution in [0, 0.1) is 6.92 Å². The molecule has 0 atom stereocenters. The van der Waals surface area contributed by atoms with Crippen LogP contribution in [0.3, 0.4) is 0 Å². The van der Waals surface area contributed by atoms with Gasteiger partial charge in [0.15, 0.2) is 0 Å². The minimum atomic E-state index is 0.943. The van der Waals surface area contributed by atoms with Gasteiger partial charge in [-0.3, -0.25) is 4.98 Å². The van der Waals surface area contributed by atoms with Gasteiger partial charge < -0.3 is 0 Å². The van der Waals surface area contributed by atoms with Gasteiger partial charge in [-0.05, 0) is 37.5 Å². The summed E-state index contributed by atoms with van der Waals surface area (Å²) in [6.07, 6.45) is 5.91. The molecule has 1 nitrogen and oxygen atoms in total. The van der Waals surface area contributed by atoms with E-state index in [0.717, 1.165) is 23.6 Å². The van der Waals surface area contributed by atoms with E-state index in [-0.39, 0.29) is 0 Å². The number of hydrogen-bond donors (Lipinski definition) is 0. The van der Waals surface area contributed by atoms with Gasteiger partial charge in [0.1, 0.15) is 0 Å². The Morgan fingerprint density at radius 2 is 2.25 bits per heavy atom. The van der Waals surface area contributed by atoms with E-state index in [0.29, 0.717) is 0 Å². The molecule has 0 fully saturated rings. The molecule has 0 saturated carbocycles. The number of pyridine rings is 1. The molecule has 0 bridgehead atoms. The number of aromatic nitrogens is 1. The number of nitrogens with zero attached hydrogens (tertiary/aromatic N) is 1. The van der Waals surface area contributed by atoms with Crippen LogP contribution in [0.15, 0.2) is 17.3 Å². The third-order valence-corrected chi connectivity index (χ3v) is 2.51. The molecule has 0 unspecified atom stereocenters. The molecule has 0 aliphatic heterocycles. The second-order valence-electron chi connectivity index (χ2n) is 3.06. The van der Waals surface area contributed by atoms with E-state index in [4.69, 9.17) is 11.6 Å². The molecule has 0 N–H and O–H groups in total. The Labute approximate surface area is 77.1 Å². The second kappa shape index (κ2) is 2.91. The normalized spacial score (nSPS) is 15.3. The van der Waals surface area contributed by atoms with Crippen molar-refractivity contribution in [2.45, 2.75) is 19.8 Å². The van der Waals surface area contributed by atoms with Gasteiger partial charge in [0.2, 0.25) is 0 Å². The lowest BCUT2D eigenvalue weighted by atomic mass is 9.97. The number of allylic oxidation sites excluding steroid dienone is 1. The zero-order valence-electron chi connectivity index (χ0n) is 6.97. The lowest BCUT2D eigenvalue weighted by molar-refractivity contribution is 0.952. The molecule has 1 heterocycles. The van der Waals surface area contributed by atoms with E-state index in [9.17, 15) is 0 Å². The van der Waals surface area contributed by atoms with E-state index in [1.54, 1.807) is 0 Å². The maximum absolute atomic E-state index is 5.95. The summed E-state index contributed by atoms with van der Waals surface area (Å²) in [7, 11) is 0. The van der Waals surface area contributed by atoms with Crippen LogP contribution in [0.2, 0.25) is 0 Å². The number of fused-ring (bicyclic) bond motifs is 1. The summed E-state index contributed by atoms with van der Waals surface area (Å²) in [6, 6.07) is 2.07. The van der Waals surface area contributed by atoms with Crippen LogP contribution in [0.25, 0.3) is 6.08 Å². The molecule has 0 saturated heterocycles. The highest BCUT2D eigenvalue weighted by molar-refractivity contribution is 6.31. The average Bonchev–Trinajstić information content (AvgIpc) is 2.07. The van der Waals surface area contributed by atoms with Crippen molar-refractivity contribution in [2.75, 3.05) is 0 Å². The summed E-state index contributed by atoms with van der Waals surface area (Å²) in [5.41, 5.74) is 3.66. The third-order valence-electron chi connectivity index (χ3n) is 2.21. The first-order valence-corrected chi connectivity index (χ1v) is 4.46. The van der Waals surface area contributed by atoms with E-state index in [1.807, 2.05) is 19.2 Å². The van der Waals surface area contributed by atoms with E-state index in [2.05, 4.69) is 11.1 Å². The molecule has 62 valence electrons. The molecular weight excluding hydrogens is 170 g/mol. The molecule has 0 amide bonds. The Bertz CT molecular complexity index is 342. The van der Waals surface area contributed by atoms with E-state index < -0.39 is 0 Å². The summed E-state index contributed by atoms with van der Waals surface area (Å²) in [5.74, 6) is 0. The van der Waals surface area contributed by atoms with E-state index >= 15 is 0 Å². The fourth-order valence-corrected chi connectivity index (χ4v) is 1.73. The van der Waals surface area contributed by atoms with Crippen molar-refractivity contribution >= 4 is 17.7 Å². The first-order chi connectivity index (χ1) is 5.77. The van der Waals surface area contributed by atoms with Crippen molar-refractivity contribution in [2.24, 2.45) is 0 Å². The zero-order chi connectivity index (χ0) is 8.55. The van der Waals surface area contributed by atoms with Crippen LogP contribution in [-0.2, 0) is 6.42 Å². The molecule has 12 heavy (non-hydrogen) atoms. The lowest BCUT2D eigenvalue weighted by Crippen LogP contribution is -1.99. The van der Waals surface area contributed by atoms with Gasteiger partial charge >= 0.3 is 0 Å². The van der Waals surface area contributed by atoms with Crippen molar-refractivity contribution in [3.05, 3.63) is 34.1 Å². The average molecular weight is 180 g/mol. The summed E-state index contributed by atoms with van der Waals surface area (Å²) in [5, 5.41) is 0.943. The lowest BCUT2D eigenvalue weighted by Gasteiger charge is -2.13. The number of aryl methyl sites for hydroxylation is 2. The summed E-state index contributed by atoms with van der Waals surface area (Å²) in [4.78, 5) is 4.22. The van der Waals surface area contributed by atoms with Gasteiger partial charge in [-0.2, -0.15) is 0 Å². The van der Waals surface area contributed by atoms with Crippen LogP contribution < -0.4 is 0 Å². The summed E-state index contributed by atoms with van der Waals surface area (Å²) >= 11 is 5.95. The van der Waals surface area contributed by atoms with Gasteiger partial charge in [-0.15, -0.1) is 0 Å². The fourth-order valence-electron chi connectivity index (χ4n) is 1.53. The molecule has 1 aliphatic rings. The highest BCUT2D eigenvalue weighted by Gasteiger charge is 2.10. The first-order valence-electron chi connectivity index (χ1n) is 4.08. The van der Waals surface area contributed by atoms with Crippen LogP contribution in [0.1, 0.15) is 23.2 Å². The quantitative estimate of drug-likeness (QED) is 0.597. The first kappa shape index (κ1) is 7.81. The Morgan fingerprint density at radius 1 is 1.42 bits per heavy atom. The van der Waals surface area contributed by atoms with Gasteiger partial charge in [0.05, 0.1) is 0 Å². The van der Waals surface area contributed by atoms with Crippen LogP contribution >= 0.6 is 11.6 Å². The topological polar surface area (TPSA) is 12.9 Å². The maximum atomic E-state index is 5.95. The number of halogens is 1. The standard InChI is InChI=1S/C10H10ClN/c1-7-10-6-9(11)3-2-8(10)4-5-12-7/h4-6H,2-3H2,1H3. The molecule has 2 heteroatoms. The van der Waals surface area contributed by atoms with Crippen molar-refractivity contribution < 1.29 is 0 Å². The van der Waals surface area contributed by atoms with Gasteiger partial charge in [0, 0.05) is 22.5 Å². The molecule has 0 radical (unpaired) electrons. The van der Waals surface area contributed by atoms with Gasteiger partial charge in [0.25, 0.3) is 0 Å². The van der Waals surface area contributed by atoms with Crippen molar-refractivity contribution in [1.82, 2.24) is 4.98 Å². The summed E-state index contributed by atoms with van der Waals surface area (Å²) < 4.78 is 0. The molecule has 0 spiro atoms. The van der Waals surface area contributed by atoms with Gasteiger partial charge in [-0.1, -0.05) is 11.6 Å². The Balaban J connectivity index is 2.59. The Hall–Kier alpha value is -0.820.